The summed E-state index contributed by atoms with van der Waals surface area (Å²) < 4.78 is 1.79. The van der Waals surface area contributed by atoms with E-state index in [2.05, 4.69) is 50.4 Å². The zero-order valence-corrected chi connectivity index (χ0v) is 21.0. The highest BCUT2D eigenvalue weighted by atomic mass is 35.5. The fourth-order valence-electron chi connectivity index (χ4n) is 4.61. The van der Waals surface area contributed by atoms with Crippen molar-refractivity contribution < 1.29 is 4.79 Å². The molecule has 2 heterocycles. The normalized spacial score (nSPS) is 19.2. The number of Topliss-reactive ketones (excluding diaryl/α,β-unsaturated/α-hetero) is 1. The summed E-state index contributed by atoms with van der Waals surface area (Å²) in [6, 6.07) is 13.4. The van der Waals surface area contributed by atoms with Gasteiger partial charge in [-0.25, -0.2) is 4.68 Å². The van der Waals surface area contributed by atoms with E-state index in [-0.39, 0.29) is 11.2 Å². The van der Waals surface area contributed by atoms with Crippen molar-refractivity contribution in [3.05, 3.63) is 80.5 Å². The van der Waals surface area contributed by atoms with Gasteiger partial charge in [0.15, 0.2) is 5.78 Å². The fourth-order valence-corrected chi connectivity index (χ4v) is 5.90. The lowest BCUT2D eigenvalue weighted by atomic mass is 9.73. The lowest BCUT2D eigenvalue weighted by Gasteiger charge is -2.38. The minimum atomic E-state index is -0.439. The molecule has 5 nitrogen and oxygen atoms in total. The Balaban J connectivity index is 1.55. The van der Waals surface area contributed by atoms with Crippen molar-refractivity contribution in [1.82, 2.24) is 14.8 Å². The van der Waals surface area contributed by atoms with Crippen molar-refractivity contribution >= 4 is 46.7 Å². The van der Waals surface area contributed by atoms with E-state index in [9.17, 15) is 4.79 Å². The van der Waals surface area contributed by atoms with E-state index < -0.39 is 6.04 Å². The Morgan fingerprint density at radius 2 is 2.00 bits per heavy atom. The maximum absolute atomic E-state index is 13.3. The summed E-state index contributed by atoms with van der Waals surface area (Å²) in [4.78, 5) is 18.1. The first kappa shape index (κ1) is 22.5. The largest absolute Gasteiger partial charge is 0.328 e. The molecule has 3 aromatic rings. The molecule has 0 unspecified atom stereocenters. The molecule has 2 aliphatic rings. The van der Waals surface area contributed by atoms with Crippen LogP contribution < -0.4 is 5.32 Å². The lowest BCUT2D eigenvalue weighted by Crippen LogP contribution is -2.36. The zero-order chi connectivity index (χ0) is 23.3. The Morgan fingerprint density at radius 1 is 1.18 bits per heavy atom. The number of fused-ring (bicyclic) bond motifs is 1. The number of allylic oxidation sites excluding steroid dienone is 2. The van der Waals surface area contributed by atoms with Crippen LogP contribution in [0.15, 0.2) is 58.9 Å². The number of hydrogen-bond acceptors (Lipinski definition) is 5. The van der Waals surface area contributed by atoms with E-state index in [1.54, 1.807) is 28.6 Å². The van der Waals surface area contributed by atoms with E-state index in [4.69, 9.17) is 33.3 Å². The second kappa shape index (κ2) is 8.49. The molecule has 0 saturated heterocycles. The molecule has 0 fully saturated rings. The number of carbonyl (C=O) groups is 1. The Hall–Kier alpha value is -2.28. The molecule has 0 radical (unpaired) electrons. The monoisotopic (exact) mass is 498 g/mol. The minimum Gasteiger partial charge on any atom is -0.328 e. The molecule has 1 aliphatic heterocycles. The molecule has 0 amide bonds. The zero-order valence-electron chi connectivity index (χ0n) is 18.7. The molecular weight excluding hydrogens is 475 g/mol. The van der Waals surface area contributed by atoms with Gasteiger partial charge < -0.3 is 5.32 Å². The van der Waals surface area contributed by atoms with Crippen LogP contribution in [-0.2, 0) is 10.5 Å². The first-order valence-corrected chi connectivity index (χ1v) is 12.6. The van der Waals surface area contributed by atoms with E-state index >= 15 is 0 Å². The predicted octanol–water partition coefficient (Wildman–Crippen LogP) is 6.84. The maximum atomic E-state index is 13.3. The number of nitrogens with one attached hydrogen (secondary N) is 1. The van der Waals surface area contributed by atoms with Crippen molar-refractivity contribution in [2.45, 2.75) is 50.6 Å². The summed E-state index contributed by atoms with van der Waals surface area (Å²) in [6.07, 6.45) is 1.24. The first-order valence-electron chi connectivity index (χ1n) is 10.8. The van der Waals surface area contributed by atoms with Crippen LogP contribution in [0.25, 0.3) is 0 Å². The number of benzene rings is 2. The summed E-state index contributed by atoms with van der Waals surface area (Å²) >= 11 is 14.4. The number of thioether (sulfide) groups is 1. The molecule has 170 valence electrons. The van der Waals surface area contributed by atoms with E-state index in [0.29, 0.717) is 33.1 Å². The average Bonchev–Trinajstić information content (AvgIpc) is 3.13. The van der Waals surface area contributed by atoms with Gasteiger partial charge >= 0.3 is 0 Å². The minimum absolute atomic E-state index is 0.111. The number of anilines is 1. The Kier molecular flexibility index (Phi) is 5.79. The standard InChI is InChI=1S/C25H24Cl2N4OS/c1-14-5-4-6-15(9-14)13-33-24-29-23-28-19-11-25(2,3)12-20(32)21(19)22(31(23)30-24)17-8-7-16(26)10-18(17)27/h4-10,22H,11-13H2,1-3H3,(H,28,29,30)/t22-/m0/s1. The molecule has 0 spiro atoms. The van der Waals surface area contributed by atoms with Gasteiger partial charge in [-0.15, -0.1) is 5.10 Å². The summed E-state index contributed by atoms with van der Waals surface area (Å²) in [5.74, 6) is 1.50. The van der Waals surface area contributed by atoms with Gasteiger partial charge in [-0.1, -0.05) is 84.7 Å². The molecule has 33 heavy (non-hydrogen) atoms. The van der Waals surface area contributed by atoms with Gasteiger partial charge in [0.1, 0.15) is 6.04 Å². The van der Waals surface area contributed by atoms with E-state index in [0.717, 1.165) is 23.4 Å². The van der Waals surface area contributed by atoms with Crippen molar-refractivity contribution in [3.8, 4) is 0 Å². The van der Waals surface area contributed by atoms with Crippen molar-refractivity contribution in [1.29, 1.82) is 0 Å². The Bertz CT molecular complexity index is 1300. The highest BCUT2D eigenvalue weighted by Crippen LogP contribution is 2.47. The molecule has 8 heteroatoms. The molecule has 1 atom stereocenters. The van der Waals surface area contributed by atoms with Crippen molar-refractivity contribution in [2.24, 2.45) is 5.41 Å². The smallest absolute Gasteiger partial charge is 0.227 e. The number of rotatable bonds is 4. The summed E-state index contributed by atoms with van der Waals surface area (Å²) in [6.45, 7) is 6.31. The Labute approximate surface area is 207 Å². The quantitative estimate of drug-likeness (QED) is 0.398. The SMILES string of the molecule is Cc1cccc(CSc2nc3n(n2)[C@@H](c2ccc(Cl)cc2Cl)C2=C(CC(C)(C)CC2=O)N3)c1. The summed E-state index contributed by atoms with van der Waals surface area (Å²) in [7, 11) is 0. The van der Waals surface area contributed by atoms with Gasteiger partial charge in [-0.05, 0) is 36.5 Å². The topological polar surface area (TPSA) is 59.8 Å². The molecule has 2 aromatic carbocycles. The summed E-state index contributed by atoms with van der Waals surface area (Å²) in [5.41, 5.74) is 4.73. The van der Waals surface area contributed by atoms with Crippen LogP contribution in [0.5, 0.6) is 0 Å². The van der Waals surface area contributed by atoms with E-state index in [1.807, 2.05) is 6.07 Å². The number of aromatic nitrogens is 3. The third-order valence-electron chi connectivity index (χ3n) is 6.02. The Morgan fingerprint density at radius 3 is 2.76 bits per heavy atom. The van der Waals surface area contributed by atoms with Crippen LogP contribution in [0.2, 0.25) is 10.0 Å². The van der Waals surface area contributed by atoms with Crippen LogP contribution in [0.3, 0.4) is 0 Å². The van der Waals surface area contributed by atoms with Crippen LogP contribution >= 0.6 is 35.0 Å². The van der Waals surface area contributed by atoms with Gasteiger partial charge in [0.05, 0.1) is 0 Å². The maximum Gasteiger partial charge on any atom is 0.227 e. The van der Waals surface area contributed by atoms with Crippen LogP contribution in [0.1, 0.15) is 49.4 Å². The molecule has 1 N–H and O–H groups in total. The van der Waals surface area contributed by atoms with Crippen LogP contribution in [-0.4, -0.2) is 20.5 Å². The number of carbonyl (C=O) groups excluding carboxylic acids is 1. The number of aryl methyl sites for hydroxylation is 1. The average molecular weight is 499 g/mol. The van der Waals surface area contributed by atoms with Gasteiger partial charge in [-0.2, -0.15) is 4.98 Å². The van der Waals surface area contributed by atoms with Crippen LogP contribution in [0, 0.1) is 12.3 Å². The van der Waals surface area contributed by atoms with Gasteiger partial charge in [0.25, 0.3) is 0 Å². The second-order valence-electron chi connectivity index (χ2n) is 9.47. The fraction of sp³-hybridized carbons (Fsp3) is 0.320. The molecule has 0 bridgehead atoms. The lowest BCUT2D eigenvalue weighted by molar-refractivity contribution is -0.118. The molecule has 0 saturated carbocycles. The number of halogens is 2. The van der Waals surface area contributed by atoms with Crippen LogP contribution in [0.4, 0.5) is 5.95 Å². The highest BCUT2D eigenvalue weighted by molar-refractivity contribution is 7.98. The van der Waals surface area contributed by atoms with Crippen molar-refractivity contribution in [2.75, 3.05) is 5.32 Å². The predicted molar refractivity (Wildman–Crippen MR) is 134 cm³/mol. The second-order valence-corrected chi connectivity index (χ2v) is 11.3. The molecule has 1 aromatic heterocycles. The molecule has 1 aliphatic carbocycles. The molecule has 5 rings (SSSR count). The number of ketones is 1. The van der Waals surface area contributed by atoms with Crippen molar-refractivity contribution in [3.63, 3.8) is 0 Å². The first-order chi connectivity index (χ1) is 15.7. The van der Waals surface area contributed by atoms with Gasteiger partial charge in [0.2, 0.25) is 11.1 Å². The third kappa shape index (κ3) is 4.44. The third-order valence-corrected chi connectivity index (χ3v) is 7.49. The van der Waals surface area contributed by atoms with Gasteiger partial charge in [-0.3, -0.25) is 4.79 Å². The number of nitrogens with zero attached hydrogens (tertiary/aromatic N) is 3. The number of hydrogen-bond donors (Lipinski definition) is 1. The van der Waals surface area contributed by atoms with Gasteiger partial charge in [0, 0.05) is 39.1 Å². The summed E-state index contributed by atoms with van der Waals surface area (Å²) in [5, 5.41) is 9.92. The van der Waals surface area contributed by atoms with E-state index in [1.165, 1.54) is 11.1 Å². The molecular formula is C25H24Cl2N4OS. The highest BCUT2D eigenvalue weighted by Gasteiger charge is 2.42.